The number of halogens is 2. The predicted octanol–water partition coefficient (Wildman–Crippen LogP) is 3.97. The minimum absolute atomic E-state index is 0.0673. The number of carbonyl (C=O) groups is 2. The topological polar surface area (TPSA) is 70.7 Å². The van der Waals surface area contributed by atoms with Crippen LogP contribution in [-0.4, -0.2) is 32.7 Å². The first-order valence-corrected chi connectivity index (χ1v) is 8.73. The first-order valence-electron chi connectivity index (χ1n) is 8.35. The number of benzene rings is 2. The molecule has 1 unspecified atom stereocenters. The number of rotatable bonds is 3. The van der Waals surface area contributed by atoms with Gasteiger partial charge in [-0.25, -0.2) is 9.18 Å². The molecule has 0 bridgehead atoms. The number of nitrogens with one attached hydrogen (secondary N) is 2. The number of fused-ring (bicyclic) bond motifs is 1. The lowest BCUT2D eigenvalue weighted by Crippen LogP contribution is -2.37. The molecule has 2 N–H and O–H groups in total. The fraction of sp³-hybridized carbons (Fsp3) is 0.263. The summed E-state index contributed by atoms with van der Waals surface area (Å²) in [6.45, 7) is 0.661. The van der Waals surface area contributed by atoms with E-state index in [1.807, 2.05) is 18.0 Å². The zero-order valence-electron chi connectivity index (χ0n) is 14.9. The Labute approximate surface area is 161 Å². The van der Waals surface area contributed by atoms with Crippen molar-refractivity contribution in [2.75, 3.05) is 30.9 Å². The Hall–Kier alpha value is -2.80. The van der Waals surface area contributed by atoms with Crippen LogP contribution in [0, 0.1) is 5.82 Å². The Balaban J connectivity index is 1.92. The van der Waals surface area contributed by atoms with Crippen LogP contribution in [0.25, 0.3) is 0 Å². The number of anilines is 2. The number of methoxy groups -OCH3 is 1. The van der Waals surface area contributed by atoms with Crippen molar-refractivity contribution >= 4 is 35.0 Å². The summed E-state index contributed by atoms with van der Waals surface area (Å²) in [6.07, 6.45) is 0.170. The van der Waals surface area contributed by atoms with E-state index < -0.39 is 11.9 Å². The lowest BCUT2D eigenvalue weighted by molar-refractivity contribution is 0.102. The van der Waals surface area contributed by atoms with E-state index in [0.717, 1.165) is 11.3 Å². The van der Waals surface area contributed by atoms with Crippen molar-refractivity contribution in [3.05, 3.63) is 58.4 Å². The van der Waals surface area contributed by atoms with Crippen LogP contribution in [0.15, 0.2) is 36.4 Å². The molecule has 1 aliphatic rings. The van der Waals surface area contributed by atoms with Crippen LogP contribution in [0.3, 0.4) is 0 Å². The second-order valence-electron chi connectivity index (χ2n) is 6.23. The van der Waals surface area contributed by atoms with E-state index in [2.05, 4.69) is 15.4 Å². The molecule has 0 saturated carbocycles. The number of ether oxygens (including phenoxy) is 1. The molecule has 6 nitrogen and oxygen atoms in total. The summed E-state index contributed by atoms with van der Waals surface area (Å²) in [4.78, 5) is 26.4. The van der Waals surface area contributed by atoms with Crippen molar-refractivity contribution in [2.24, 2.45) is 0 Å². The maximum Gasteiger partial charge on any atom is 0.407 e. The van der Waals surface area contributed by atoms with E-state index in [1.54, 1.807) is 12.1 Å². The number of nitrogens with zero attached hydrogens (tertiary/aromatic N) is 1. The van der Waals surface area contributed by atoms with Crippen LogP contribution in [0.4, 0.5) is 20.6 Å². The Kier molecular flexibility index (Phi) is 5.51. The molecule has 0 fully saturated rings. The van der Waals surface area contributed by atoms with Crippen molar-refractivity contribution in [3.8, 4) is 0 Å². The maximum atomic E-state index is 13.3. The van der Waals surface area contributed by atoms with Gasteiger partial charge >= 0.3 is 6.09 Å². The Bertz CT molecular complexity index is 890. The van der Waals surface area contributed by atoms with E-state index in [1.165, 1.54) is 25.3 Å². The maximum absolute atomic E-state index is 13.3. The predicted molar refractivity (Wildman–Crippen MR) is 102 cm³/mol. The summed E-state index contributed by atoms with van der Waals surface area (Å²) >= 11 is 5.78. The van der Waals surface area contributed by atoms with Crippen LogP contribution in [-0.2, 0) is 4.74 Å². The van der Waals surface area contributed by atoms with Gasteiger partial charge in [0.1, 0.15) is 5.82 Å². The van der Waals surface area contributed by atoms with Gasteiger partial charge in [0.05, 0.1) is 29.4 Å². The SMILES string of the molecule is COC(=O)NC1CCN(C)c2c(C(=O)Nc3ccc(F)c(Cl)c3)cccc21. The zero-order valence-corrected chi connectivity index (χ0v) is 15.6. The molecule has 27 heavy (non-hydrogen) atoms. The molecule has 142 valence electrons. The molecule has 0 spiro atoms. The third-order valence-corrected chi connectivity index (χ3v) is 4.77. The minimum Gasteiger partial charge on any atom is -0.453 e. The van der Waals surface area contributed by atoms with Gasteiger partial charge in [-0.3, -0.25) is 4.79 Å². The molecular weight excluding hydrogens is 373 g/mol. The molecule has 1 aliphatic heterocycles. The van der Waals surface area contributed by atoms with Crippen LogP contribution in [0.2, 0.25) is 5.02 Å². The van der Waals surface area contributed by atoms with Gasteiger partial charge in [0.2, 0.25) is 0 Å². The van der Waals surface area contributed by atoms with Gasteiger partial charge in [-0.1, -0.05) is 23.7 Å². The highest BCUT2D eigenvalue weighted by atomic mass is 35.5. The van der Waals surface area contributed by atoms with Crippen molar-refractivity contribution in [1.82, 2.24) is 5.32 Å². The number of amides is 2. The summed E-state index contributed by atoms with van der Waals surface area (Å²) in [7, 11) is 3.20. The molecule has 2 amide bonds. The molecular formula is C19H19ClFN3O3. The molecule has 3 rings (SSSR count). The highest BCUT2D eigenvalue weighted by molar-refractivity contribution is 6.31. The van der Waals surface area contributed by atoms with Gasteiger partial charge < -0.3 is 20.3 Å². The van der Waals surface area contributed by atoms with Gasteiger partial charge in [0.25, 0.3) is 5.91 Å². The Morgan fingerprint density at radius 1 is 1.30 bits per heavy atom. The van der Waals surface area contributed by atoms with Gasteiger partial charge in [0, 0.05) is 19.3 Å². The molecule has 0 radical (unpaired) electrons. The fourth-order valence-corrected chi connectivity index (χ4v) is 3.35. The van der Waals surface area contributed by atoms with Crippen LogP contribution in [0.5, 0.6) is 0 Å². The van der Waals surface area contributed by atoms with Gasteiger partial charge in [-0.2, -0.15) is 0 Å². The van der Waals surface area contributed by atoms with Crippen molar-refractivity contribution < 1.29 is 18.7 Å². The first kappa shape index (κ1) is 19.0. The second-order valence-corrected chi connectivity index (χ2v) is 6.63. The standard InChI is InChI=1S/C19H19ClFN3O3/c1-24-9-8-16(23-19(26)27-2)12-4-3-5-13(17(12)24)18(25)22-11-6-7-15(21)14(20)10-11/h3-7,10,16H,8-9H2,1-2H3,(H,22,25)(H,23,26). The molecule has 8 heteroatoms. The van der Waals surface area contributed by atoms with E-state index >= 15 is 0 Å². The van der Waals surface area contributed by atoms with E-state index in [0.29, 0.717) is 24.2 Å². The van der Waals surface area contributed by atoms with Gasteiger partial charge in [-0.15, -0.1) is 0 Å². The second kappa shape index (κ2) is 7.84. The van der Waals surface area contributed by atoms with Gasteiger partial charge in [-0.05, 0) is 36.2 Å². The summed E-state index contributed by atoms with van der Waals surface area (Å²) < 4.78 is 18.0. The monoisotopic (exact) mass is 391 g/mol. The van der Waals surface area contributed by atoms with E-state index in [4.69, 9.17) is 11.6 Å². The number of hydrogen-bond donors (Lipinski definition) is 2. The number of alkyl carbamates (subject to hydrolysis) is 1. The minimum atomic E-state index is -0.553. The molecule has 2 aromatic rings. The highest BCUT2D eigenvalue weighted by Crippen LogP contribution is 2.36. The third-order valence-electron chi connectivity index (χ3n) is 4.48. The Morgan fingerprint density at radius 3 is 2.78 bits per heavy atom. The molecule has 2 aromatic carbocycles. The van der Waals surface area contributed by atoms with E-state index in [-0.39, 0.29) is 17.0 Å². The summed E-state index contributed by atoms with van der Waals surface area (Å²) in [5.41, 5.74) is 2.41. The molecule has 1 heterocycles. The normalized spacial score (nSPS) is 15.7. The third kappa shape index (κ3) is 3.98. The van der Waals surface area contributed by atoms with E-state index in [9.17, 15) is 14.0 Å². The quantitative estimate of drug-likeness (QED) is 0.830. The molecule has 0 aromatic heterocycles. The largest absolute Gasteiger partial charge is 0.453 e. The fourth-order valence-electron chi connectivity index (χ4n) is 3.17. The lowest BCUT2D eigenvalue weighted by Gasteiger charge is -2.34. The number of hydrogen-bond acceptors (Lipinski definition) is 4. The Morgan fingerprint density at radius 2 is 2.07 bits per heavy atom. The summed E-state index contributed by atoms with van der Waals surface area (Å²) in [6, 6.07) is 9.08. The van der Waals surface area contributed by atoms with Crippen molar-refractivity contribution in [1.29, 1.82) is 0 Å². The van der Waals surface area contributed by atoms with Crippen LogP contribution in [0.1, 0.15) is 28.4 Å². The summed E-state index contributed by atoms with van der Waals surface area (Å²) in [5.74, 6) is -0.900. The number of carbonyl (C=O) groups excluding carboxylic acids is 2. The van der Waals surface area contributed by atoms with Crippen LogP contribution < -0.4 is 15.5 Å². The highest BCUT2D eigenvalue weighted by Gasteiger charge is 2.28. The summed E-state index contributed by atoms with van der Waals surface area (Å²) in [5, 5.41) is 5.46. The van der Waals surface area contributed by atoms with Crippen molar-refractivity contribution in [3.63, 3.8) is 0 Å². The average molecular weight is 392 g/mol. The smallest absolute Gasteiger partial charge is 0.407 e. The molecule has 1 atom stereocenters. The van der Waals surface area contributed by atoms with Crippen molar-refractivity contribution in [2.45, 2.75) is 12.5 Å². The zero-order chi connectivity index (χ0) is 19.6. The lowest BCUT2D eigenvalue weighted by atomic mass is 9.93. The van der Waals surface area contributed by atoms with Crippen LogP contribution >= 0.6 is 11.6 Å². The first-order chi connectivity index (χ1) is 12.9. The molecule has 0 aliphatic carbocycles. The average Bonchev–Trinajstić information content (AvgIpc) is 2.66. The van der Waals surface area contributed by atoms with Gasteiger partial charge in [0.15, 0.2) is 0 Å². The molecule has 0 saturated heterocycles. The number of para-hydroxylation sites is 1.